The first kappa shape index (κ1) is 16.7. The number of nitrogens with zero attached hydrogens (tertiary/aromatic N) is 3. The molecule has 0 bridgehead atoms. The standard InChI is InChI=1S/C19H25N3O2/c1-16-20-19(24-21-16)11-10-17-8-4-5-9-18(17)23-15-14-22-12-6-2-3-7-13-22/h4-5,8-11H,2-3,6-7,12-15H2,1H3. The monoisotopic (exact) mass is 327 g/mol. The lowest BCUT2D eigenvalue weighted by atomic mass is 10.2. The minimum atomic E-state index is 0.506. The van der Waals surface area contributed by atoms with Crippen LogP contribution in [0.2, 0.25) is 0 Å². The van der Waals surface area contributed by atoms with Gasteiger partial charge in [-0.1, -0.05) is 36.2 Å². The van der Waals surface area contributed by atoms with E-state index in [1.165, 1.54) is 38.8 Å². The van der Waals surface area contributed by atoms with E-state index in [1.54, 1.807) is 6.92 Å². The molecule has 5 heteroatoms. The van der Waals surface area contributed by atoms with Crippen LogP contribution < -0.4 is 4.74 Å². The van der Waals surface area contributed by atoms with Gasteiger partial charge in [-0.3, -0.25) is 4.90 Å². The van der Waals surface area contributed by atoms with Gasteiger partial charge in [-0.2, -0.15) is 4.98 Å². The van der Waals surface area contributed by atoms with Gasteiger partial charge in [-0.05, 0) is 45.0 Å². The average molecular weight is 327 g/mol. The second-order valence-corrected chi connectivity index (χ2v) is 6.16. The normalized spacial score (nSPS) is 16.4. The molecule has 0 saturated carbocycles. The first-order chi connectivity index (χ1) is 11.8. The Balaban J connectivity index is 1.56. The Morgan fingerprint density at radius 3 is 2.67 bits per heavy atom. The van der Waals surface area contributed by atoms with Gasteiger partial charge in [0, 0.05) is 18.2 Å². The summed E-state index contributed by atoms with van der Waals surface area (Å²) in [6, 6.07) is 8.03. The molecule has 1 aromatic heterocycles. The van der Waals surface area contributed by atoms with Crippen LogP contribution in [0, 0.1) is 6.92 Å². The third-order valence-corrected chi connectivity index (χ3v) is 4.23. The third-order valence-electron chi connectivity index (χ3n) is 4.23. The molecule has 1 saturated heterocycles. The lowest BCUT2D eigenvalue weighted by molar-refractivity contribution is 0.214. The Morgan fingerprint density at radius 2 is 1.92 bits per heavy atom. The van der Waals surface area contributed by atoms with Crippen molar-refractivity contribution in [2.45, 2.75) is 32.6 Å². The quantitative estimate of drug-likeness (QED) is 0.807. The van der Waals surface area contributed by atoms with E-state index >= 15 is 0 Å². The SMILES string of the molecule is Cc1noc(C=Cc2ccccc2OCCN2CCCCCC2)n1. The van der Waals surface area contributed by atoms with Crippen LogP contribution in [0.4, 0.5) is 0 Å². The number of aryl methyl sites for hydroxylation is 1. The Kier molecular flexibility index (Phi) is 6.01. The van der Waals surface area contributed by atoms with E-state index in [2.05, 4.69) is 15.0 Å². The largest absolute Gasteiger partial charge is 0.492 e. The molecule has 0 spiro atoms. The predicted molar refractivity (Wildman–Crippen MR) is 94.8 cm³/mol. The summed E-state index contributed by atoms with van der Waals surface area (Å²) < 4.78 is 11.1. The highest BCUT2D eigenvalue weighted by Gasteiger charge is 2.09. The fourth-order valence-corrected chi connectivity index (χ4v) is 2.94. The van der Waals surface area contributed by atoms with Crippen LogP contribution in [0.5, 0.6) is 5.75 Å². The summed E-state index contributed by atoms with van der Waals surface area (Å²) in [5.41, 5.74) is 1.02. The molecule has 0 aliphatic carbocycles. The number of para-hydroxylation sites is 1. The second kappa shape index (κ2) is 8.64. The number of aromatic nitrogens is 2. The summed E-state index contributed by atoms with van der Waals surface area (Å²) in [5, 5.41) is 3.79. The van der Waals surface area contributed by atoms with Crippen molar-refractivity contribution in [1.82, 2.24) is 15.0 Å². The van der Waals surface area contributed by atoms with E-state index in [0.29, 0.717) is 18.3 Å². The highest BCUT2D eigenvalue weighted by atomic mass is 16.5. The molecule has 5 nitrogen and oxygen atoms in total. The van der Waals surface area contributed by atoms with Gasteiger partial charge < -0.3 is 9.26 Å². The van der Waals surface area contributed by atoms with E-state index in [9.17, 15) is 0 Å². The number of hydrogen-bond acceptors (Lipinski definition) is 5. The van der Waals surface area contributed by atoms with Gasteiger partial charge in [0.15, 0.2) is 5.82 Å². The molecule has 0 N–H and O–H groups in total. The molecule has 0 unspecified atom stereocenters. The summed E-state index contributed by atoms with van der Waals surface area (Å²) >= 11 is 0. The molecule has 0 atom stereocenters. The molecule has 1 fully saturated rings. The molecule has 24 heavy (non-hydrogen) atoms. The van der Waals surface area contributed by atoms with Crippen LogP contribution in [0.25, 0.3) is 12.2 Å². The first-order valence-electron chi connectivity index (χ1n) is 8.74. The molecule has 1 aromatic carbocycles. The van der Waals surface area contributed by atoms with Crippen molar-refractivity contribution in [3.8, 4) is 5.75 Å². The zero-order valence-corrected chi connectivity index (χ0v) is 14.3. The number of benzene rings is 1. The molecule has 3 rings (SSSR count). The molecule has 2 aromatic rings. The summed E-state index contributed by atoms with van der Waals surface area (Å²) in [6.45, 7) is 5.90. The molecule has 0 radical (unpaired) electrons. The van der Waals surface area contributed by atoms with Gasteiger partial charge in [0.1, 0.15) is 12.4 Å². The zero-order chi connectivity index (χ0) is 16.6. The van der Waals surface area contributed by atoms with Gasteiger partial charge in [0.05, 0.1) is 0 Å². The fourth-order valence-electron chi connectivity index (χ4n) is 2.94. The van der Waals surface area contributed by atoms with E-state index in [-0.39, 0.29) is 0 Å². The summed E-state index contributed by atoms with van der Waals surface area (Å²) in [6.07, 6.45) is 9.11. The van der Waals surface area contributed by atoms with Crippen LogP contribution >= 0.6 is 0 Å². The highest BCUT2D eigenvalue weighted by Crippen LogP contribution is 2.20. The minimum Gasteiger partial charge on any atom is -0.492 e. The Hall–Kier alpha value is -2.14. The smallest absolute Gasteiger partial charge is 0.250 e. The summed E-state index contributed by atoms with van der Waals surface area (Å²) in [4.78, 5) is 6.68. The molecular formula is C19H25N3O2. The van der Waals surface area contributed by atoms with Crippen LogP contribution in [0.1, 0.15) is 43.0 Å². The molecule has 2 heterocycles. The predicted octanol–water partition coefficient (Wildman–Crippen LogP) is 3.80. The van der Waals surface area contributed by atoms with E-state index in [1.807, 2.05) is 36.4 Å². The molecule has 0 amide bonds. The summed E-state index contributed by atoms with van der Waals surface area (Å²) in [7, 11) is 0. The summed E-state index contributed by atoms with van der Waals surface area (Å²) in [5.74, 6) is 2.03. The highest BCUT2D eigenvalue weighted by molar-refractivity contribution is 5.69. The second-order valence-electron chi connectivity index (χ2n) is 6.16. The molecular weight excluding hydrogens is 302 g/mol. The molecule has 128 valence electrons. The van der Waals surface area contributed by atoms with Crippen molar-refractivity contribution in [1.29, 1.82) is 0 Å². The van der Waals surface area contributed by atoms with Gasteiger partial charge in [0.25, 0.3) is 5.89 Å². The topological polar surface area (TPSA) is 51.4 Å². The van der Waals surface area contributed by atoms with Gasteiger partial charge in [-0.25, -0.2) is 0 Å². The van der Waals surface area contributed by atoms with E-state index < -0.39 is 0 Å². The van der Waals surface area contributed by atoms with E-state index in [0.717, 1.165) is 17.9 Å². The first-order valence-corrected chi connectivity index (χ1v) is 8.74. The Bertz CT molecular complexity index is 658. The maximum Gasteiger partial charge on any atom is 0.250 e. The van der Waals surface area contributed by atoms with Crippen molar-refractivity contribution in [3.63, 3.8) is 0 Å². The van der Waals surface area contributed by atoms with Gasteiger partial charge in [-0.15, -0.1) is 0 Å². The number of hydrogen-bond donors (Lipinski definition) is 0. The van der Waals surface area contributed by atoms with Crippen molar-refractivity contribution in [3.05, 3.63) is 41.5 Å². The maximum absolute atomic E-state index is 6.01. The number of likely N-dealkylation sites (tertiary alicyclic amines) is 1. The maximum atomic E-state index is 6.01. The number of rotatable bonds is 6. The van der Waals surface area contributed by atoms with Crippen molar-refractivity contribution in [2.24, 2.45) is 0 Å². The molecule has 1 aliphatic rings. The van der Waals surface area contributed by atoms with Crippen molar-refractivity contribution < 1.29 is 9.26 Å². The number of ether oxygens (including phenoxy) is 1. The van der Waals surface area contributed by atoms with Crippen LogP contribution in [0.3, 0.4) is 0 Å². The third kappa shape index (κ3) is 4.93. The van der Waals surface area contributed by atoms with Crippen molar-refractivity contribution >= 4 is 12.2 Å². The lowest BCUT2D eigenvalue weighted by Gasteiger charge is -2.20. The fraction of sp³-hybridized carbons (Fsp3) is 0.474. The lowest BCUT2D eigenvalue weighted by Crippen LogP contribution is -2.29. The van der Waals surface area contributed by atoms with Gasteiger partial charge >= 0.3 is 0 Å². The Morgan fingerprint density at radius 1 is 1.12 bits per heavy atom. The Labute approximate surface area is 143 Å². The van der Waals surface area contributed by atoms with Crippen LogP contribution in [-0.2, 0) is 0 Å². The minimum absolute atomic E-state index is 0.506. The van der Waals surface area contributed by atoms with Crippen molar-refractivity contribution in [2.75, 3.05) is 26.2 Å². The average Bonchev–Trinajstić information content (AvgIpc) is 2.84. The molecule has 1 aliphatic heterocycles. The van der Waals surface area contributed by atoms with Crippen LogP contribution in [0.15, 0.2) is 28.8 Å². The zero-order valence-electron chi connectivity index (χ0n) is 14.3. The van der Waals surface area contributed by atoms with Crippen LogP contribution in [-0.4, -0.2) is 41.3 Å². The van der Waals surface area contributed by atoms with E-state index in [4.69, 9.17) is 9.26 Å². The van der Waals surface area contributed by atoms with Gasteiger partial charge in [0.2, 0.25) is 0 Å².